The molecule has 1 saturated heterocycles. The maximum Gasteiger partial charge on any atom is 0.211 e. The van der Waals surface area contributed by atoms with Crippen molar-refractivity contribution in [3.63, 3.8) is 0 Å². The highest BCUT2D eigenvalue weighted by molar-refractivity contribution is 7.88. The second-order valence-corrected chi connectivity index (χ2v) is 7.68. The van der Waals surface area contributed by atoms with E-state index in [2.05, 4.69) is 10.3 Å². The molecule has 1 aliphatic rings. The molecule has 0 saturated carbocycles. The molecule has 1 aromatic rings. The van der Waals surface area contributed by atoms with Gasteiger partial charge in [0.05, 0.1) is 12.8 Å². The molecule has 0 bridgehead atoms. The van der Waals surface area contributed by atoms with E-state index in [0.717, 1.165) is 30.5 Å². The zero-order chi connectivity index (χ0) is 16.2. The Balaban J connectivity index is 2.00. The molecule has 1 atom stereocenters. The van der Waals surface area contributed by atoms with Crippen molar-refractivity contribution >= 4 is 21.7 Å². The second kappa shape index (κ2) is 7.11. The van der Waals surface area contributed by atoms with Crippen molar-refractivity contribution in [3.8, 4) is 0 Å². The van der Waals surface area contributed by atoms with E-state index in [0.29, 0.717) is 19.0 Å². The van der Waals surface area contributed by atoms with E-state index in [1.54, 1.807) is 4.31 Å². The highest BCUT2D eigenvalue weighted by Gasteiger charge is 2.28. The predicted octanol–water partition coefficient (Wildman–Crippen LogP) is 1.54. The highest BCUT2D eigenvalue weighted by atomic mass is 32.2. The van der Waals surface area contributed by atoms with Crippen LogP contribution in [0, 0.1) is 6.92 Å². The molecule has 0 aromatic heterocycles. The molecule has 122 valence electrons. The summed E-state index contributed by atoms with van der Waals surface area (Å²) >= 11 is 0. The number of guanidine groups is 1. The Morgan fingerprint density at radius 3 is 2.91 bits per heavy atom. The molecular weight excluding hydrogens is 300 g/mol. The number of benzene rings is 1. The zero-order valence-electron chi connectivity index (χ0n) is 13.1. The van der Waals surface area contributed by atoms with Gasteiger partial charge in [-0.25, -0.2) is 8.42 Å². The Hall–Kier alpha value is -1.60. The fraction of sp³-hybridized carbons (Fsp3) is 0.533. The van der Waals surface area contributed by atoms with Gasteiger partial charge in [-0.1, -0.05) is 18.6 Å². The van der Waals surface area contributed by atoms with E-state index < -0.39 is 10.0 Å². The van der Waals surface area contributed by atoms with Gasteiger partial charge in [0, 0.05) is 18.3 Å². The van der Waals surface area contributed by atoms with Gasteiger partial charge < -0.3 is 11.1 Å². The number of anilines is 1. The molecule has 1 aromatic carbocycles. The summed E-state index contributed by atoms with van der Waals surface area (Å²) in [6.07, 6.45) is 4.01. The first-order valence-corrected chi connectivity index (χ1v) is 9.31. The quantitative estimate of drug-likeness (QED) is 0.649. The molecule has 6 nitrogen and oxygen atoms in total. The predicted molar refractivity (Wildman–Crippen MR) is 90.5 cm³/mol. The topological polar surface area (TPSA) is 87.8 Å². The molecule has 1 unspecified atom stereocenters. The van der Waals surface area contributed by atoms with E-state index in [1.807, 2.05) is 31.2 Å². The maximum absolute atomic E-state index is 11.8. The van der Waals surface area contributed by atoms with E-state index in [9.17, 15) is 8.42 Å². The van der Waals surface area contributed by atoms with E-state index >= 15 is 0 Å². The van der Waals surface area contributed by atoms with Gasteiger partial charge >= 0.3 is 0 Å². The van der Waals surface area contributed by atoms with E-state index in [4.69, 9.17) is 5.73 Å². The van der Waals surface area contributed by atoms with Gasteiger partial charge in [0.2, 0.25) is 10.0 Å². The summed E-state index contributed by atoms with van der Waals surface area (Å²) in [6.45, 7) is 2.96. The summed E-state index contributed by atoms with van der Waals surface area (Å²) in [5, 5.41) is 3.04. The van der Waals surface area contributed by atoms with Crippen LogP contribution in [-0.2, 0) is 10.0 Å². The van der Waals surface area contributed by atoms with E-state index in [1.165, 1.54) is 6.26 Å². The third kappa shape index (κ3) is 4.71. The van der Waals surface area contributed by atoms with Crippen LogP contribution >= 0.6 is 0 Å². The maximum atomic E-state index is 11.8. The molecule has 22 heavy (non-hydrogen) atoms. The first-order valence-electron chi connectivity index (χ1n) is 7.46. The summed E-state index contributed by atoms with van der Waals surface area (Å²) in [6, 6.07) is 7.74. The van der Waals surface area contributed by atoms with Crippen molar-refractivity contribution in [1.82, 2.24) is 4.31 Å². The summed E-state index contributed by atoms with van der Waals surface area (Å²) < 4.78 is 25.1. The zero-order valence-corrected chi connectivity index (χ0v) is 13.9. The van der Waals surface area contributed by atoms with Crippen LogP contribution in [0.4, 0.5) is 5.69 Å². The van der Waals surface area contributed by atoms with Crippen LogP contribution in [0.5, 0.6) is 0 Å². The van der Waals surface area contributed by atoms with Gasteiger partial charge in [-0.15, -0.1) is 0 Å². The number of aryl methyl sites for hydroxylation is 1. The number of nitrogens with two attached hydrogens (primary N) is 1. The van der Waals surface area contributed by atoms with Crippen LogP contribution in [0.25, 0.3) is 0 Å². The molecular formula is C15H24N4O2S. The van der Waals surface area contributed by atoms with Crippen molar-refractivity contribution < 1.29 is 8.42 Å². The van der Waals surface area contributed by atoms with Gasteiger partial charge in [-0.3, -0.25) is 4.99 Å². The number of hydrogen-bond donors (Lipinski definition) is 2. The van der Waals surface area contributed by atoms with Crippen LogP contribution in [0.2, 0.25) is 0 Å². The van der Waals surface area contributed by atoms with Gasteiger partial charge in [0.1, 0.15) is 0 Å². The average molecular weight is 324 g/mol. The van der Waals surface area contributed by atoms with Gasteiger partial charge in [0.15, 0.2) is 5.96 Å². The number of sulfonamides is 1. The average Bonchev–Trinajstić information content (AvgIpc) is 2.44. The minimum absolute atomic E-state index is 0.0957. The Morgan fingerprint density at radius 2 is 2.23 bits per heavy atom. The Bertz CT molecular complexity index is 643. The van der Waals surface area contributed by atoms with Crippen LogP contribution in [-0.4, -0.2) is 44.1 Å². The number of hydrogen-bond acceptors (Lipinski definition) is 3. The summed E-state index contributed by atoms with van der Waals surface area (Å²) in [5.41, 5.74) is 7.91. The summed E-state index contributed by atoms with van der Waals surface area (Å²) in [7, 11) is -3.18. The lowest BCUT2D eigenvalue weighted by atomic mass is 10.1. The first kappa shape index (κ1) is 16.8. The number of piperidine rings is 1. The van der Waals surface area contributed by atoms with Crippen LogP contribution in [0.1, 0.15) is 24.8 Å². The summed E-state index contributed by atoms with van der Waals surface area (Å²) in [5.74, 6) is 0.310. The Kier molecular flexibility index (Phi) is 5.42. The molecule has 0 spiro atoms. The minimum atomic E-state index is -3.18. The van der Waals surface area contributed by atoms with Crippen molar-refractivity contribution in [1.29, 1.82) is 0 Å². The summed E-state index contributed by atoms with van der Waals surface area (Å²) in [4.78, 5) is 4.31. The van der Waals surface area contributed by atoms with Gasteiger partial charge in [0.25, 0.3) is 0 Å². The number of nitrogens with zero attached hydrogens (tertiary/aromatic N) is 2. The number of nitrogens with one attached hydrogen (secondary N) is 1. The van der Waals surface area contributed by atoms with Crippen molar-refractivity contribution in [2.75, 3.05) is 24.7 Å². The third-order valence-electron chi connectivity index (χ3n) is 3.76. The molecule has 1 aliphatic heterocycles. The number of aliphatic imine (C=N–C) groups is 1. The van der Waals surface area contributed by atoms with Gasteiger partial charge in [-0.05, 0) is 37.5 Å². The molecule has 3 N–H and O–H groups in total. The van der Waals surface area contributed by atoms with E-state index in [-0.39, 0.29) is 6.04 Å². The first-order chi connectivity index (χ1) is 10.4. The molecule has 0 radical (unpaired) electrons. The van der Waals surface area contributed by atoms with Crippen LogP contribution in [0.3, 0.4) is 0 Å². The second-order valence-electron chi connectivity index (χ2n) is 5.74. The molecule has 2 rings (SSSR count). The van der Waals surface area contributed by atoms with Crippen molar-refractivity contribution in [3.05, 3.63) is 29.8 Å². The van der Waals surface area contributed by atoms with Crippen molar-refractivity contribution in [2.45, 2.75) is 32.2 Å². The molecule has 0 aliphatic carbocycles. The largest absolute Gasteiger partial charge is 0.370 e. The molecule has 1 fully saturated rings. The normalized spacial score (nSPS) is 20.8. The minimum Gasteiger partial charge on any atom is -0.370 e. The fourth-order valence-electron chi connectivity index (χ4n) is 2.71. The molecule has 7 heteroatoms. The standard InChI is InChI=1S/C15H24N4O2S/c1-12-6-5-7-13(10-12)18-15(16)17-11-14-8-3-4-9-19(14)22(2,20)21/h5-7,10,14H,3-4,8-9,11H2,1-2H3,(H3,16,17,18). The van der Waals surface area contributed by atoms with Gasteiger partial charge in [-0.2, -0.15) is 4.31 Å². The lowest BCUT2D eigenvalue weighted by Crippen LogP contribution is -2.45. The fourth-order valence-corrected chi connectivity index (χ4v) is 3.88. The Labute approximate surface area is 132 Å². The number of rotatable bonds is 4. The molecule has 0 amide bonds. The third-order valence-corrected chi connectivity index (χ3v) is 5.09. The molecule has 1 heterocycles. The highest BCUT2D eigenvalue weighted by Crippen LogP contribution is 2.20. The van der Waals surface area contributed by atoms with Crippen molar-refractivity contribution in [2.24, 2.45) is 10.7 Å². The van der Waals surface area contributed by atoms with Crippen LogP contribution < -0.4 is 11.1 Å². The monoisotopic (exact) mass is 324 g/mol. The lowest BCUT2D eigenvalue weighted by molar-refractivity contribution is 0.259. The lowest BCUT2D eigenvalue weighted by Gasteiger charge is -2.32. The smallest absolute Gasteiger partial charge is 0.211 e. The Morgan fingerprint density at radius 1 is 1.45 bits per heavy atom. The SMILES string of the molecule is Cc1cccc(NC(N)=NCC2CCCCN2S(C)(=O)=O)c1. The van der Waals surface area contributed by atoms with Crippen LogP contribution in [0.15, 0.2) is 29.3 Å².